The SMILES string of the molecule is NCCN1CCCN(CC2Cc3cc(F)ccc3O2)CC1. The van der Waals surface area contributed by atoms with Crippen LogP contribution in [0.3, 0.4) is 0 Å². The predicted molar refractivity (Wildman–Crippen MR) is 81.1 cm³/mol. The lowest BCUT2D eigenvalue weighted by Gasteiger charge is -2.24. The summed E-state index contributed by atoms with van der Waals surface area (Å²) in [6.07, 6.45) is 2.15. The summed E-state index contributed by atoms with van der Waals surface area (Å²) in [6.45, 7) is 7.00. The summed E-state index contributed by atoms with van der Waals surface area (Å²) in [5.41, 5.74) is 6.63. The third-order valence-electron chi connectivity index (χ3n) is 4.35. The van der Waals surface area contributed by atoms with Gasteiger partial charge in [-0.05, 0) is 37.7 Å². The van der Waals surface area contributed by atoms with Crippen LogP contribution < -0.4 is 10.5 Å². The van der Waals surface area contributed by atoms with Crippen molar-refractivity contribution in [2.45, 2.75) is 18.9 Å². The Kier molecular flexibility index (Phi) is 4.73. The quantitative estimate of drug-likeness (QED) is 0.902. The lowest BCUT2D eigenvalue weighted by molar-refractivity contribution is 0.152. The number of halogens is 1. The molecule has 2 heterocycles. The van der Waals surface area contributed by atoms with Crippen LogP contribution in [0.4, 0.5) is 4.39 Å². The minimum atomic E-state index is -0.176. The van der Waals surface area contributed by atoms with E-state index in [9.17, 15) is 4.39 Å². The number of ether oxygens (including phenoxy) is 1. The monoisotopic (exact) mass is 293 g/mol. The summed E-state index contributed by atoms with van der Waals surface area (Å²) in [6, 6.07) is 4.81. The number of hydrogen-bond donors (Lipinski definition) is 1. The van der Waals surface area contributed by atoms with E-state index in [0.717, 1.165) is 63.5 Å². The van der Waals surface area contributed by atoms with Crippen molar-refractivity contribution in [2.24, 2.45) is 5.73 Å². The lowest BCUT2D eigenvalue weighted by Crippen LogP contribution is -2.38. The fourth-order valence-electron chi connectivity index (χ4n) is 3.29. The molecule has 116 valence electrons. The third-order valence-corrected chi connectivity index (χ3v) is 4.35. The summed E-state index contributed by atoms with van der Waals surface area (Å²) in [5, 5.41) is 0. The average Bonchev–Trinajstić information content (AvgIpc) is 2.72. The highest BCUT2D eigenvalue weighted by molar-refractivity contribution is 5.37. The van der Waals surface area contributed by atoms with Crippen LogP contribution in [0.5, 0.6) is 5.75 Å². The highest BCUT2D eigenvalue weighted by atomic mass is 19.1. The van der Waals surface area contributed by atoms with Gasteiger partial charge in [0, 0.05) is 44.7 Å². The molecule has 1 saturated heterocycles. The Morgan fingerprint density at radius 2 is 2.00 bits per heavy atom. The standard InChI is InChI=1S/C16H24FN3O/c17-14-2-3-16-13(10-14)11-15(21-16)12-20-6-1-5-19(7-4-18)8-9-20/h2-3,10,15H,1,4-9,11-12,18H2. The minimum absolute atomic E-state index is 0.155. The molecule has 21 heavy (non-hydrogen) atoms. The number of nitrogens with zero attached hydrogens (tertiary/aromatic N) is 2. The predicted octanol–water partition coefficient (Wildman–Crippen LogP) is 1.10. The van der Waals surface area contributed by atoms with Crippen molar-refractivity contribution in [3.8, 4) is 5.75 Å². The molecule has 0 aromatic heterocycles. The Bertz CT molecular complexity index is 483. The lowest BCUT2D eigenvalue weighted by atomic mass is 10.1. The van der Waals surface area contributed by atoms with E-state index in [1.807, 2.05) is 0 Å². The second kappa shape index (κ2) is 6.73. The molecule has 3 rings (SSSR count). The van der Waals surface area contributed by atoms with E-state index in [1.165, 1.54) is 12.5 Å². The van der Waals surface area contributed by atoms with Crippen LogP contribution in [0.25, 0.3) is 0 Å². The summed E-state index contributed by atoms with van der Waals surface area (Å²) >= 11 is 0. The van der Waals surface area contributed by atoms with Crippen LogP contribution in [-0.2, 0) is 6.42 Å². The van der Waals surface area contributed by atoms with E-state index in [-0.39, 0.29) is 11.9 Å². The Hall–Kier alpha value is -1.17. The van der Waals surface area contributed by atoms with Gasteiger partial charge in [0.2, 0.25) is 0 Å². The van der Waals surface area contributed by atoms with Gasteiger partial charge in [0.25, 0.3) is 0 Å². The largest absolute Gasteiger partial charge is 0.488 e. The first-order valence-corrected chi connectivity index (χ1v) is 7.84. The van der Waals surface area contributed by atoms with Gasteiger partial charge in [-0.3, -0.25) is 4.90 Å². The number of rotatable bonds is 4. The van der Waals surface area contributed by atoms with Crippen molar-refractivity contribution in [1.29, 1.82) is 0 Å². The zero-order valence-electron chi connectivity index (χ0n) is 12.4. The molecule has 2 N–H and O–H groups in total. The fraction of sp³-hybridized carbons (Fsp3) is 0.625. The Morgan fingerprint density at radius 3 is 2.86 bits per heavy atom. The van der Waals surface area contributed by atoms with E-state index in [0.29, 0.717) is 0 Å². The molecule has 4 nitrogen and oxygen atoms in total. The molecule has 2 aliphatic heterocycles. The van der Waals surface area contributed by atoms with Gasteiger partial charge in [0.15, 0.2) is 0 Å². The highest BCUT2D eigenvalue weighted by Crippen LogP contribution is 2.29. The molecule has 1 atom stereocenters. The van der Waals surface area contributed by atoms with E-state index in [2.05, 4.69) is 9.80 Å². The Morgan fingerprint density at radius 1 is 1.19 bits per heavy atom. The first kappa shape index (κ1) is 14.8. The van der Waals surface area contributed by atoms with Crippen LogP contribution in [0, 0.1) is 5.82 Å². The van der Waals surface area contributed by atoms with Crippen LogP contribution in [0.2, 0.25) is 0 Å². The van der Waals surface area contributed by atoms with Gasteiger partial charge >= 0.3 is 0 Å². The molecule has 0 amide bonds. The topological polar surface area (TPSA) is 41.7 Å². The van der Waals surface area contributed by atoms with Crippen molar-refractivity contribution in [1.82, 2.24) is 9.80 Å². The van der Waals surface area contributed by atoms with E-state index in [4.69, 9.17) is 10.5 Å². The van der Waals surface area contributed by atoms with Gasteiger partial charge in [-0.1, -0.05) is 0 Å². The second-order valence-corrected chi connectivity index (χ2v) is 5.98. The smallest absolute Gasteiger partial charge is 0.123 e. The van der Waals surface area contributed by atoms with Crippen LogP contribution >= 0.6 is 0 Å². The maximum Gasteiger partial charge on any atom is 0.123 e. The van der Waals surface area contributed by atoms with Gasteiger partial charge in [0.05, 0.1) is 0 Å². The van der Waals surface area contributed by atoms with E-state index in [1.54, 1.807) is 12.1 Å². The van der Waals surface area contributed by atoms with Crippen molar-refractivity contribution < 1.29 is 9.13 Å². The van der Waals surface area contributed by atoms with Gasteiger partial charge in [-0.25, -0.2) is 4.39 Å². The zero-order valence-corrected chi connectivity index (χ0v) is 12.4. The molecule has 0 bridgehead atoms. The molecule has 1 fully saturated rings. The van der Waals surface area contributed by atoms with Crippen molar-refractivity contribution >= 4 is 0 Å². The van der Waals surface area contributed by atoms with Gasteiger partial charge in [-0.2, -0.15) is 0 Å². The van der Waals surface area contributed by atoms with E-state index >= 15 is 0 Å². The van der Waals surface area contributed by atoms with Crippen LogP contribution in [0.1, 0.15) is 12.0 Å². The molecule has 5 heteroatoms. The first-order valence-electron chi connectivity index (χ1n) is 7.84. The molecule has 2 aliphatic rings. The van der Waals surface area contributed by atoms with Gasteiger partial charge in [-0.15, -0.1) is 0 Å². The molecule has 0 radical (unpaired) electrons. The molecular weight excluding hydrogens is 269 g/mol. The summed E-state index contributed by atoms with van der Waals surface area (Å²) < 4.78 is 19.2. The third kappa shape index (κ3) is 3.73. The molecule has 0 saturated carbocycles. The van der Waals surface area contributed by atoms with E-state index < -0.39 is 0 Å². The number of benzene rings is 1. The Balaban J connectivity index is 1.52. The minimum Gasteiger partial charge on any atom is -0.488 e. The average molecular weight is 293 g/mol. The maximum atomic E-state index is 13.2. The van der Waals surface area contributed by atoms with Gasteiger partial charge in [0.1, 0.15) is 17.7 Å². The summed E-state index contributed by atoms with van der Waals surface area (Å²) in [5.74, 6) is 0.672. The summed E-state index contributed by atoms with van der Waals surface area (Å²) in [4.78, 5) is 4.89. The molecule has 1 unspecified atom stereocenters. The summed E-state index contributed by atoms with van der Waals surface area (Å²) in [7, 11) is 0. The number of hydrogen-bond acceptors (Lipinski definition) is 4. The normalized spacial score (nSPS) is 23.6. The highest BCUT2D eigenvalue weighted by Gasteiger charge is 2.26. The Labute approximate surface area is 125 Å². The van der Waals surface area contributed by atoms with Crippen molar-refractivity contribution in [2.75, 3.05) is 45.8 Å². The van der Waals surface area contributed by atoms with Gasteiger partial charge < -0.3 is 15.4 Å². The van der Waals surface area contributed by atoms with Crippen molar-refractivity contribution in [3.63, 3.8) is 0 Å². The van der Waals surface area contributed by atoms with Crippen LogP contribution in [0.15, 0.2) is 18.2 Å². The zero-order chi connectivity index (χ0) is 14.7. The molecular formula is C16H24FN3O. The van der Waals surface area contributed by atoms with Crippen molar-refractivity contribution in [3.05, 3.63) is 29.6 Å². The molecule has 1 aromatic rings. The first-order chi connectivity index (χ1) is 10.2. The van der Waals surface area contributed by atoms with Crippen LogP contribution in [-0.4, -0.2) is 61.7 Å². The fourth-order valence-corrected chi connectivity index (χ4v) is 3.29. The second-order valence-electron chi connectivity index (χ2n) is 5.98. The maximum absolute atomic E-state index is 13.2. The molecule has 0 spiro atoms. The number of fused-ring (bicyclic) bond motifs is 1. The molecule has 1 aromatic carbocycles. The molecule has 0 aliphatic carbocycles. The number of nitrogens with two attached hydrogens (primary N) is 1.